The first-order chi connectivity index (χ1) is 9.13. The van der Waals surface area contributed by atoms with E-state index in [-0.39, 0.29) is 0 Å². The highest BCUT2D eigenvalue weighted by Crippen LogP contribution is 2.37. The standard InChI is InChI=1S/C15H18BrNO2/c16-12-4-5-14(13(7-12)15(18)19)17-8-10-2-1-3-11(6-10)9-17/h4-5,7,10-11H,1-3,6,8-9H2,(H,18,19). The van der Waals surface area contributed by atoms with Crippen LogP contribution in [0.3, 0.4) is 0 Å². The lowest BCUT2D eigenvalue weighted by atomic mass is 9.77. The van der Waals surface area contributed by atoms with Crippen LogP contribution in [0.25, 0.3) is 0 Å². The van der Waals surface area contributed by atoms with Crippen molar-refractivity contribution in [2.24, 2.45) is 11.8 Å². The highest BCUT2D eigenvalue weighted by atomic mass is 79.9. The number of carboxylic acid groups (broad SMARTS) is 1. The predicted octanol–water partition coefficient (Wildman–Crippen LogP) is 3.77. The third-order valence-corrected chi connectivity index (χ3v) is 4.87. The molecule has 1 aromatic rings. The number of aromatic carboxylic acids is 1. The van der Waals surface area contributed by atoms with Crippen LogP contribution in [0.5, 0.6) is 0 Å². The maximum absolute atomic E-state index is 11.4. The summed E-state index contributed by atoms with van der Waals surface area (Å²) in [6, 6.07) is 5.59. The molecule has 1 saturated heterocycles. The molecule has 1 heterocycles. The summed E-state index contributed by atoms with van der Waals surface area (Å²) in [4.78, 5) is 13.7. The van der Waals surface area contributed by atoms with Gasteiger partial charge in [-0.3, -0.25) is 0 Å². The van der Waals surface area contributed by atoms with Gasteiger partial charge in [0.05, 0.1) is 11.3 Å². The van der Waals surface area contributed by atoms with Crippen LogP contribution in [-0.4, -0.2) is 24.2 Å². The zero-order valence-corrected chi connectivity index (χ0v) is 12.4. The third kappa shape index (κ3) is 2.64. The number of nitrogens with zero attached hydrogens (tertiary/aromatic N) is 1. The highest BCUT2D eigenvalue weighted by molar-refractivity contribution is 9.10. The van der Waals surface area contributed by atoms with Gasteiger partial charge in [-0.05, 0) is 49.3 Å². The molecule has 0 aromatic heterocycles. The molecule has 3 nitrogen and oxygen atoms in total. The summed E-state index contributed by atoms with van der Waals surface area (Å²) in [5.74, 6) is 0.655. The zero-order chi connectivity index (χ0) is 13.4. The van der Waals surface area contributed by atoms with E-state index in [1.807, 2.05) is 12.1 Å². The number of hydrogen-bond donors (Lipinski definition) is 1. The lowest BCUT2D eigenvalue weighted by Crippen LogP contribution is -2.43. The minimum absolute atomic E-state index is 0.411. The molecule has 2 unspecified atom stereocenters. The largest absolute Gasteiger partial charge is 0.478 e. The zero-order valence-electron chi connectivity index (χ0n) is 10.8. The summed E-state index contributed by atoms with van der Waals surface area (Å²) in [6.45, 7) is 2.02. The van der Waals surface area contributed by atoms with Crippen molar-refractivity contribution in [3.63, 3.8) is 0 Å². The molecule has 2 aliphatic rings. The molecule has 1 saturated carbocycles. The van der Waals surface area contributed by atoms with Gasteiger partial charge in [0, 0.05) is 17.6 Å². The van der Waals surface area contributed by atoms with E-state index >= 15 is 0 Å². The second-order valence-corrected chi connectivity index (χ2v) is 6.69. The van der Waals surface area contributed by atoms with E-state index < -0.39 is 5.97 Å². The molecule has 3 rings (SSSR count). The number of rotatable bonds is 2. The van der Waals surface area contributed by atoms with Gasteiger partial charge in [0.15, 0.2) is 0 Å². The minimum atomic E-state index is -0.841. The number of carboxylic acids is 1. The molecule has 0 spiro atoms. The Balaban J connectivity index is 1.91. The number of piperidine rings is 1. The summed E-state index contributed by atoms with van der Waals surface area (Å²) >= 11 is 3.36. The van der Waals surface area contributed by atoms with Crippen LogP contribution in [0, 0.1) is 11.8 Å². The second-order valence-electron chi connectivity index (χ2n) is 5.77. The molecular weight excluding hydrogens is 306 g/mol. The first-order valence-corrected chi connectivity index (χ1v) is 7.70. The molecule has 0 amide bonds. The quantitative estimate of drug-likeness (QED) is 0.900. The summed E-state index contributed by atoms with van der Waals surface area (Å²) in [7, 11) is 0. The van der Waals surface area contributed by atoms with Crippen LogP contribution in [0.2, 0.25) is 0 Å². The Morgan fingerprint density at radius 3 is 2.58 bits per heavy atom. The molecule has 2 bridgehead atoms. The first kappa shape index (κ1) is 13.0. The molecular formula is C15H18BrNO2. The number of fused-ring (bicyclic) bond motifs is 2. The van der Waals surface area contributed by atoms with Crippen molar-refractivity contribution < 1.29 is 9.90 Å². The van der Waals surface area contributed by atoms with E-state index in [1.165, 1.54) is 25.7 Å². The van der Waals surface area contributed by atoms with Crippen molar-refractivity contribution in [2.45, 2.75) is 25.7 Å². The van der Waals surface area contributed by atoms with E-state index in [2.05, 4.69) is 20.8 Å². The van der Waals surface area contributed by atoms with Crippen molar-refractivity contribution in [2.75, 3.05) is 18.0 Å². The van der Waals surface area contributed by atoms with Crippen LogP contribution in [-0.2, 0) is 0 Å². The van der Waals surface area contributed by atoms with Gasteiger partial charge in [-0.15, -0.1) is 0 Å². The van der Waals surface area contributed by atoms with E-state index in [4.69, 9.17) is 0 Å². The molecule has 1 aliphatic heterocycles. The lowest BCUT2D eigenvalue weighted by molar-refractivity contribution is 0.0697. The fraction of sp³-hybridized carbons (Fsp3) is 0.533. The normalized spacial score (nSPS) is 26.3. The summed E-state index contributed by atoms with van der Waals surface area (Å²) < 4.78 is 0.825. The topological polar surface area (TPSA) is 40.5 Å². The minimum Gasteiger partial charge on any atom is -0.478 e. The summed E-state index contributed by atoms with van der Waals surface area (Å²) in [6.07, 6.45) is 5.27. The molecule has 1 aliphatic carbocycles. The molecule has 2 atom stereocenters. The third-order valence-electron chi connectivity index (χ3n) is 4.38. The van der Waals surface area contributed by atoms with Crippen molar-refractivity contribution in [3.8, 4) is 0 Å². The summed E-state index contributed by atoms with van der Waals surface area (Å²) in [5.41, 5.74) is 1.29. The Bertz CT molecular complexity index is 491. The van der Waals surface area contributed by atoms with Gasteiger partial charge in [-0.2, -0.15) is 0 Å². The molecule has 4 heteroatoms. The molecule has 1 aromatic carbocycles. The van der Waals surface area contributed by atoms with Gasteiger partial charge in [0.2, 0.25) is 0 Å². The van der Waals surface area contributed by atoms with Crippen molar-refractivity contribution in [1.82, 2.24) is 0 Å². The first-order valence-electron chi connectivity index (χ1n) is 6.91. The van der Waals surface area contributed by atoms with Gasteiger partial charge in [0.25, 0.3) is 0 Å². The molecule has 102 valence electrons. The Labute approximate surface area is 121 Å². The fourth-order valence-corrected chi connectivity index (χ4v) is 3.94. The Morgan fingerprint density at radius 2 is 1.95 bits per heavy atom. The van der Waals surface area contributed by atoms with E-state index in [0.29, 0.717) is 5.56 Å². The fourth-order valence-electron chi connectivity index (χ4n) is 3.58. The van der Waals surface area contributed by atoms with Gasteiger partial charge < -0.3 is 10.0 Å². The monoisotopic (exact) mass is 323 g/mol. The predicted molar refractivity (Wildman–Crippen MR) is 78.8 cm³/mol. The Hall–Kier alpha value is -1.03. The number of halogens is 1. The van der Waals surface area contributed by atoms with Crippen LogP contribution in [0.1, 0.15) is 36.0 Å². The van der Waals surface area contributed by atoms with E-state index in [0.717, 1.165) is 35.1 Å². The van der Waals surface area contributed by atoms with Crippen LogP contribution >= 0.6 is 15.9 Å². The molecule has 2 fully saturated rings. The highest BCUT2D eigenvalue weighted by Gasteiger charge is 2.31. The Morgan fingerprint density at radius 1 is 1.26 bits per heavy atom. The average Bonchev–Trinajstić information content (AvgIpc) is 2.38. The van der Waals surface area contributed by atoms with Gasteiger partial charge >= 0.3 is 5.97 Å². The SMILES string of the molecule is O=C(O)c1cc(Br)ccc1N1CC2CCCC(C2)C1. The second kappa shape index (κ2) is 5.16. The van der Waals surface area contributed by atoms with Crippen LogP contribution in [0.4, 0.5) is 5.69 Å². The average molecular weight is 324 g/mol. The molecule has 19 heavy (non-hydrogen) atoms. The van der Waals surface area contributed by atoms with Gasteiger partial charge in [-0.25, -0.2) is 4.79 Å². The van der Waals surface area contributed by atoms with Crippen molar-refractivity contribution in [3.05, 3.63) is 28.2 Å². The molecule has 0 radical (unpaired) electrons. The van der Waals surface area contributed by atoms with E-state index in [9.17, 15) is 9.90 Å². The summed E-state index contributed by atoms with van der Waals surface area (Å²) in [5, 5.41) is 9.38. The van der Waals surface area contributed by atoms with Gasteiger partial charge in [-0.1, -0.05) is 22.4 Å². The smallest absolute Gasteiger partial charge is 0.337 e. The Kier molecular flexibility index (Phi) is 3.52. The lowest BCUT2D eigenvalue weighted by Gasteiger charge is -2.43. The number of benzene rings is 1. The van der Waals surface area contributed by atoms with Crippen molar-refractivity contribution in [1.29, 1.82) is 0 Å². The molecule has 1 N–H and O–H groups in total. The van der Waals surface area contributed by atoms with Gasteiger partial charge in [0.1, 0.15) is 0 Å². The number of hydrogen-bond acceptors (Lipinski definition) is 2. The maximum Gasteiger partial charge on any atom is 0.337 e. The number of anilines is 1. The van der Waals surface area contributed by atoms with Crippen molar-refractivity contribution >= 4 is 27.6 Å². The number of carbonyl (C=O) groups is 1. The van der Waals surface area contributed by atoms with Crippen LogP contribution in [0.15, 0.2) is 22.7 Å². The maximum atomic E-state index is 11.4. The van der Waals surface area contributed by atoms with E-state index in [1.54, 1.807) is 6.07 Å². The van der Waals surface area contributed by atoms with Crippen LogP contribution < -0.4 is 4.90 Å².